The SMILES string of the molecule is CCCCOc1cccc(C2c3c(-c4cc(C)cc(C)c4O)n[nH]c3C(=O)N2CCCOC(C)C)c1. The topological polar surface area (TPSA) is 87.7 Å². The van der Waals surface area contributed by atoms with Crippen LogP contribution in [0.25, 0.3) is 11.3 Å². The lowest BCUT2D eigenvalue weighted by Gasteiger charge is -2.27. The highest BCUT2D eigenvalue weighted by Gasteiger charge is 2.42. The third-order valence-corrected chi connectivity index (χ3v) is 6.50. The fraction of sp³-hybridized carbons (Fsp3) is 0.448. The summed E-state index contributed by atoms with van der Waals surface area (Å²) in [6.07, 6.45) is 2.90. The van der Waals surface area contributed by atoms with Crippen molar-refractivity contribution < 1.29 is 19.4 Å². The first-order valence-electron chi connectivity index (χ1n) is 12.9. The Hall–Kier alpha value is -3.32. The molecule has 192 valence electrons. The van der Waals surface area contributed by atoms with Crippen LogP contribution in [0.1, 0.15) is 78.8 Å². The molecule has 0 spiro atoms. The number of hydrogen-bond acceptors (Lipinski definition) is 5. The van der Waals surface area contributed by atoms with E-state index in [1.807, 2.05) is 69.0 Å². The second kappa shape index (κ2) is 11.2. The Morgan fingerprint density at radius 2 is 1.94 bits per heavy atom. The van der Waals surface area contributed by atoms with E-state index < -0.39 is 0 Å². The van der Waals surface area contributed by atoms with E-state index in [-0.39, 0.29) is 23.8 Å². The van der Waals surface area contributed by atoms with E-state index >= 15 is 0 Å². The van der Waals surface area contributed by atoms with E-state index in [4.69, 9.17) is 9.47 Å². The molecule has 4 rings (SSSR count). The monoisotopic (exact) mass is 491 g/mol. The number of fused-ring (bicyclic) bond motifs is 1. The Labute approximate surface area is 213 Å². The van der Waals surface area contributed by atoms with Gasteiger partial charge in [0.1, 0.15) is 22.9 Å². The van der Waals surface area contributed by atoms with Gasteiger partial charge in [0.25, 0.3) is 5.91 Å². The molecule has 1 aromatic heterocycles. The number of aromatic amines is 1. The van der Waals surface area contributed by atoms with Gasteiger partial charge in [-0.3, -0.25) is 9.89 Å². The normalized spacial score (nSPS) is 15.1. The van der Waals surface area contributed by atoms with E-state index in [0.717, 1.165) is 47.3 Å². The molecule has 1 atom stereocenters. The highest BCUT2D eigenvalue weighted by Crippen LogP contribution is 2.45. The van der Waals surface area contributed by atoms with Gasteiger partial charge in [-0.2, -0.15) is 5.10 Å². The molecule has 1 aliphatic rings. The number of aromatic hydroxyl groups is 1. The first kappa shape index (κ1) is 25.8. The molecule has 0 fully saturated rings. The number of amides is 1. The number of carbonyl (C=O) groups is 1. The van der Waals surface area contributed by atoms with Crippen LogP contribution in [0.5, 0.6) is 11.5 Å². The fourth-order valence-electron chi connectivity index (χ4n) is 4.78. The van der Waals surface area contributed by atoms with Gasteiger partial charge in [0.2, 0.25) is 0 Å². The maximum absolute atomic E-state index is 13.6. The van der Waals surface area contributed by atoms with Crippen molar-refractivity contribution in [1.82, 2.24) is 15.1 Å². The zero-order valence-electron chi connectivity index (χ0n) is 21.9. The predicted octanol–water partition coefficient (Wildman–Crippen LogP) is 5.94. The molecule has 1 amide bonds. The van der Waals surface area contributed by atoms with Gasteiger partial charge in [-0.15, -0.1) is 0 Å². The van der Waals surface area contributed by atoms with Crippen molar-refractivity contribution in [3.05, 3.63) is 64.3 Å². The lowest BCUT2D eigenvalue weighted by atomic mass is 9.94. The van der Waals surface area contributed by atoms with E-state index in [0.29, 0.717) is 36.7 Å². The van der Waals surface area contributed by atoms with Gasteiger partial charge < -0.3 is 19.5 Å². The number of phenols is 1. The minimum Gasteiger partial charge on any atom is -0.507 e. The van der Waals surface area contributed by atoms with Gasteiger partial charge in [0, 0.05) is 24.3 Å². The van der Waals surface area contributed by atoms with E-state index in [2.05, 4.69) is 17.1 Å². The van der Waals surface area contributed by atoms with Crippen LogP contribution in [-0.4, -0.2) is 52.0 Å². The van der Waals surface area contributed by atoms with Crippen LogP contribution in [0.2, 0.25) is 0 Å². The first-order valence-corrected chi connectivity index (χ1v) is 12.9. The summed E-state index contributed by atoms with van der Waals surface area (Å²) in [4.78, 5) is 15.5. The number of ether oxygens (including phenoxy) is 2. The smallest absolute Gasteiger partial charge is 0.273 e. The van der Waals surface area contributed by atoms with Crippen molar-refractivity contribution in [3.8, 4) is 22.8 Å². The number of nitrogens with zero attached hydrogens (tertiary/aromatic N) is 2. The van der Waals surface area contributed by atoms with Crippen molar-refractivity contribution in [2.75, 3.05) is 19.8 Å². The van der Waals surface area contributed by atoms with Crippen molar-refractivity contribution in [3.63, 3.8) is 0 Å². The lowest BCUT2D eigenvalue weighted by Crippen LogP contribution is -2.31. The van der Waals surface area contributed by atoms with Crippen molar-refractivity contribution in [2.45, 2.75) is 66.0 Å². The summed E-state index contributed by atoms with van der Waals surface area (Å²) >= 11 is 0. The number of H-pyrrole nitrogens is 1. The van der Waals surface area contributed by atoms with Gasteiger partial charge in [-0.25, -0.2) is 0 Å². The molecule has 36 heavy (non-hydrogen) atoms. The Morgan fingerprint density at radius 3 is 2.69 bits per heavy atom. The van der Waals surface area contributed by atoms with Gasteiger partial charge >= 0.3 is 0 Å². The summed E-state index contributed by atoms with van der Waals surface area (Å²) in [7, 11) is 0. The Balaban J connectivity index is 1.76. The Morgan fingerprint density at radius 1 is 1.14 bits per heavy atom. The van der Waals surface area contributed by atoms with Crippen molar-refractivity contribution >= 4 is 5.91 Å². The van der Waals surface area contributed by atoms with Crippen LogP contribution < -0.4 is 4.74 Å². The molecule has 2 heterocycles. The number of nitrogens with one attached hydrogen (secondary N) is 1. The highest BCUT2D eigenvalue weighted by atomic mass is 16.5. The molecule has 7 nitrogen and oxygen atoms in total. The van der Waals surface area contributed by atoms with E-state index in [1.54, 1.807) is 0 Å². The third-order valence-electron chi connectivity index (χ3n) is 6.50. The molecule has 0 bridgehead atoms. The number of carbonyl (C=O) groups excluding carboxylic acids is 1. The number of phenolic OH excluding ortho intramolecular Hbond substituents is 1. The Kier molecular flexibility index (Phi) is 7.99. The number of unbranched alkanes of at least 4 members (excludes halogenated alkanes) is 1. The van der Waals surface area contributed by atoms with Crippen LogP contribution in [-0.2, 0) is 4.74 Å². The molecular formula is C29H37N3O4. The molecule has 2 aromatic carbocycles. The molecule has 0 aliphatic carbocycles. The minimum absolute atomic E-state index is 0.0977. The second-order valence-electron chi connectivity index (χ2n) is 9.79. The molecule has 0 radical (unpaired) electrons. The van der Waals surface area contributed by atoms with Crippen LogP contribution >= 0.6 is 0 Å². The quantitative estimate of drug-likeness (QED) is 0.324. The fourth-order valence-corrected chi connectivity index (χ4v) is 4.78. The van der Waals surface area contributed by atoms with Gasteiger partial charge in [-0.1, -0.05) is 31.5 Å². The van der Waals surface area contributed by atoms with E-state index in [9.17, 15) is 9.90 Å². The summed E-state index contributed by atoms with van der Waals surface area (Å²) in [6, 6.07) is 11.5. The number of benzene rings is 2. The number of aromatic nitrogens is 2. The molecule has 7 heteroatoms. The largest absolute Gasteiger partial charge is 0.507 e. The average Bonchev–Trinajstić information content (AvgIpc) is 3.38. The maximum Gasteiger partial charge on any atom is 0.273 e. The predicted molar refractivity (Wildman–Crippen MR) is 141 cm³/mol. The van der Waals surface area contributed by atoms with Gasteiger partial charge in [0.15, 0.2) is 0 Å². The molecule has 2 N–H and O–H groups in total. The lowest BCUT2D eigenvalue weighted by molar-refractivity contribution is 0.0601. The molecule has 0 saturated heterocycles. The average molecular weight is 492 g/mol. The third kappa shape index (κ3) is 5.26. The van der Waals surface area contributed by atoms with Crippen molar-refractivity contribution in [1.29, 1.82) is 0 Å². The standard InChI is InChI=1S/C29H37N3O4/c1-6-7-13-36-22-11-8-10-21(17-22)27-24-25(23-16-19(4)15-20(5)28(23)33)30-31-26(24)29(34)32(27)12-9-14-35-18(2)3/h8,10-11,15-18,27,33H,6-7,9,12-14H2,1-5H3,(H,30,31). The maximum atomic E-state index is 13.6. The molecular weight excluding hydrogens is 454 g/mol. The number of hydrogen-bond donors (Lipinski definition) is 2. The highest BCUT2D eigenvalue weighted by molar-refractivity contribution is 6.00. The molecule has 1 aliphatic heterocycles. The summed E-state index contributed by atoms with van der Waals surface area (Å²) in [5.74, 6) is 0.866. The molecule has 3 aromatic rings. The second-order valence-corrected chi connectivity index (χ2v) is 9.79. The zero-order chi connectivity index (χ0) is 25.8. The van der Waals surface area contributed by atoms with Gasteiger partial charge in [-0.05, 0) is 75.4 Å². The Bertz CT molecular complexity index is 1220. The first-order chi connectivity index (χ1) is 17.3. The molecule has 1 unspecified atom stereocenters. The summed E-state index contributed by atoms with van der Waals surface area (Å²) < 4.78 is 11.7. The number of rotatable bonds is 11. The van der Waals surface area contributed by atoms with Crippen LogP contribution in [0.15, 0.2) is 36.4 Å². The van der Waals surface area contributed by atoms with Gasteiger partial charge in [0.05, 0.1) is 18.8 Å². The van der Waals surface area contributed by atoms with Crippen LogP contribution in [0, 0.1) is 13.8 Å². The van der Waals surface area contributed by atoms with E-state index in [1.165, 1.54) is 0 Å². The van der Waals surface area contributed by atoms with Crippen molar-refractivity contribution in [2.24, 2.45) is 0 Å². The minimum atomic E-state index is -0.352. The number of aryl methyl sites for hydroxylation is 2. The molecule has 0 saturated carbocycles. The van der Waals surface area contributed by atoms with Crippen LogP contribution in [0.4, 0.5) is 0 Å². The summed E-state index contributed by atoms with van der Waals surface area (Å²) in [6.45, 7) is 11.8. The zero-order valence-corrected chi connectivity index (χ0v) is 21.9. The van der Waals surface area contributed by atoms with Crippen LogP contribution in [0.3, 0.4) is 0 Å². The summed E-state index contributed by atoms with van der Waals surface area (Å²) in [5, 5.41) is 18.4. The summed E-state index contributed by atoms with van der Waals surface area (Å²) in [5.41, 5.74) is 5.23.